The SMILES string of the molecule is O=C(CSCCO)NCCN1CCCCC1=O. The highest BCUT2D eigenvalue weighted by Crippen LogP contribution is 2.09. The number of thioether (sulfide) groups is 1. The fourth-order valence-corrected chi connectivity index (χ4v) is 2.27. The van der Waals surface area contributed by atoms with Crippen LogP contribution >= 0.6 is 11.8 Å². The summed E-state index contributed by atoms with van der Waals surface area (Å²) in [5.74, 6) is 1.11. The van der Waals surface area contributed by atoms with Crippen molar-refractivity contribution in [2.45, 2.75) is 19.3 Å². The molecule has 0 atom stereocenters. The molecule has 1 heterocycles. The zero-order valence-corrected chi connectivity index (χ0v) is 10.8. The molecule has 1 saturated heterocycles. The minimum atomic E-state index is -0.0343. The molecule has 17 heavy (non-hydrogen) atoms. The predicted molar refractivity (Wildman–Crippen MR) is 67.9 cm³/mol. The molecule has 2 amide bonds. The Hall–Kier alpha value is -0.750. The fraction of sp³-hybridized carbons (Fsp3) is 0.818. The molecule has 0 unspecified atom stereocenters. The van der Waals surface area contributed by atoms with Crippen LogP contribution in [0.4, 0.5) is 0 Å². The number of likely N-dealkylation sites (tertiary alicyclic amines) is 1. The van der Waals surface area contributed by atoms with Gasteiger partial charge in [-0.05, 0) is 12.8 Å². The minimum Gasteiger partial charge on any atom is -0.396 e. The summed E-state index contributed by atoms with van der Waals surface area (Å²) in [4.78, 5) is 24.6. The predicted octanol–water partition coefficient (Wildman–Crippen LogP) is -0.159. The van der Waals surface area contributed by atoms with E-state index in [4.69, 9.17) is 5.11 Å². The highest BCUT2D eigenvalue weighted by Gasteiger charge is 2.17. The Morgan fingerprint density at radius 1 is 1.47 bits per heavy atom. The van der Waals surface area contributed by atoms with Gasteiger partial charge in [-0.25, -0.2) is 0 Å². The van der Waals surface area contributed by atoms with Gasteiger partial charge in [0.05, 0.1) is 12.4 Å². The molecule has 5 nitrogen and oxygen atoms in total. The lowest BCUT2D eigenvalue weighted by atomic mass is 10.1. The van der Waals surface area contributed by atoms with Gasteiger partial charge >= 0.3 is 0 Å². The van der Waals surface area contributed by atoms with Crippen molar-refractivity contribution in [2.24, 2.45) is 0 Å². The summed E-state index contributed by atoms with van der Waals surface area (Å²) in [5, 5.41) is 11.3. The summed E-state index contributed by atoms with van der Waals surface area (Å²) >= 11 is 1.41. The first-order valence-electron chi connectivity index (χ1n) is 5.97. The summed E-state index contributed by atoms with van der Waals surface area (Å²) in [6, 6.07) is 0. The number of nitrogens with zero attached hydrogens (tertiary/aromatic N) is 1. The monoisotopic (exact) mass is 260 g/mol. The van der Waals surface area contributed by atoms with E-state index in [1.807, 2.05) is 4.90 Å². The van der Waals surface area contributed by atoms with Crippen LogP contribution in [0.5, 0.6) is 0 Å². The highest BCUT2D eigenvalue weighted by atomic mass is 32.2. The number of hydrogen-bond acceptors (Lipinski definition) is 4. The van der Waals surface area contributed by atoms with E-state index in [9.17, 15) is 9.59 Å². The number of piperidine rings is 1. The van der Waals surface area contributed by atoms with Gasteiger partial charge in [-0.1, -0.05) is 0 Å². The van der Waals surface area contributed by atoms with E-state index in [1.165, 1.54) is 11.8 Å². The van der Waals surface area contributed by atoms with Crippen LogP contribution in [0.2, 0.25) is 0 Å². The largest absolute Gasteiger partial charge is 0.396 e. The number of carbonyl (C=O) groups excluding carboxylic acids is 2. The summed E-state index contributed by atoms with van der Waals surface area (Å²) in [7, 11) is 0. The van der Waals surface area contributed by atoms with Gasteiger partial charge in [-0.3, -0.25) is 9.59 Å². The smallest absolute Gasteiger partial charge is 0.230 e. The fourth-order valence-electron chi connectivity index (χ4n) is 1.71. The highest BCUT2D eigenvalue weighted by molar-refractivity contribution is 7.99. The van der Waals surface area contributed by atoms with E-state index in [1.54, 1.807) is 0 Å². The molecule has 0 bridgehead atoms. The van der Waals surface area contributed by atoms with Crippen LogP contribution in [-0.2, 0) is 9.59 Å². The quantitative estimate of drug-likeness (QED) is 0.624. The maximum atomic E-state index is 11.5. The van der Waals surface area contributed by atoms with E-state index in [-0.39, 0.29) is 18.4 Å². The van der Waals surface area contributed by atoms with Crippen molar-refractivity contribution in [3.63, 3.8) is 0 Å². The molecule has 0 spiro atoms. The number of amides is 2. The zero-order chi connectivity index (χ0) is 12.5. The maximum Gasteiger partial charge on any atom is 0.230 e. The van der Waals surface area contributed by atoms with Gasteiger partial charge in [0.15, 0.2) is 0 Å². The van der Waals surface area contributed by atoms with Gasteiger partial charge < -0.3 is 15.3 Å². The van der Waals surface area contributed by atoms with Gasteiger partial charge in [-0.2, -0.15) is 0 Å². The minimum absolute atomic E-state index is 0.0343. The molecule has 1 aliphatic rings. The van der Waals surface area contributed by atoms with Crippen molar-refractivity contribution in [1.29, 1.82) is 0 Å². The number of hydrogen-bond donors (Lipinski definition) is 2. The van der Waals surface area contributed by atoms with Crippen LogP contribution in [-0.4, -0.2) is 59.6 Å². The van der Waals surface area contributed by atoms with Crippen LogP contribution in [0.15, 0.2) is 0 Å². The first kappa shape index (κ1) is 14.3. The van der Waals surface area contributed by atoms with Gasteiger partial charge in [0, 0.05) is 31.8 Å². The molecular formula is C11H20N2O3S. The molecule has 98 valence electrons. The third kappa shape index (κ3) is 5.93. The molecular weight excluding hydrogens is 240 g/mol. The summed E-state index contributed by atoms with van der Waals surface area (Å²) in [5.41, 5.74) is 0. The standard InChI is InChI=1S/C11H20N2O3S/c14-7-8-17-9-10(15)12-4-6-13-5-2-1-3-11(13)16/h14H,1-9H2,(H,12,15). The second-order valence-electron chi connectivity index (χ2n) is 3.96. The third-order valence-corrected chi connectivity index (χ3v) is 3.53. The molecule has 6 heteroatoms. The average Bonchev–Trinajstić information content (AvgIpc) is 2.32. The van der Waals surface area contributed by atoms with Gasteiger partial charge in [0.2, 0.25) is 11.8 Å². The van der Waals surface area contributed by atoms with Crippen molar-refractivity contribution >= 4 is 23.6 Å². The normalized spacial score (nSPS) is 16.1. The molecule has 0 aromatic rings. The first-order valence-corrected chi connectivity index (χ1v) is 7.12. The molecule has 1 rings (SSSR count). The van der Waals surface area contributed by atoms with Crippen molar-refractivity contribution in [1.82, 2.24) is 10.2 Å². The molecule has 0 aromatic heterocycles. The van der Waals surface area contributed by atoms with Gasteiger partial charge in [0.25, 0.3) is 0 Å². The second kappa shape index (κ2) is 8.36. The number of nitrogens with one attached hydrogen (secondary N) is 1. The third-order valence-electron chi connectivity index (χ3n) is 2.59. The number of aliphatic hydroxyl groups is 1. The Labute approximate surface area is 106 Å². The van der Waals surface area contributed by atoms with Crippen molar-refractivity contribution in [2.75, 3.05) is 37.7 Å². The number of rotatable bonds is 7. The van der Waals surface area contributed by atoms with E-state index in [2.05, 4.69) is 5.32 Å². The Kier molecular flexibility index (Phi) is 7.04. The Morgan fingerprint density at radius 3 is 3.00 bits per heavy atom. The van der Waals surface area contributed by atoms with Crippen molar-refractivity contribution in [3.05, 3.63) is 0 Å². The van der Waals surface area contributed by atoms with E-state index in [0.717, 1.165) is 19.4 Å². The van der Waals surface area contributed by atoms with Crippen molar-refractivity contribution in [3.8, 4) is 0 Å². The van der Waals surface area contributed by atoms with Gasteiger partial charge in [0.1, 0.15) is 0 Å². The maximum absolute atomic E-state index is 11.5. The molecule has 0 aromatic carbocycles. The molecule has 2 N–H and O–H groups in total. The molecule has 0 radical (unpaired) electrons. The molecule has 0 aliphatic carbocycles. The molecule has 1 fully saturated rings. The Bertz CT molecular complexity index is 261. The van der Waals surface area contributed by atoms with Crippen molar-refractivity contribution < 1.29 is 14.7 Å². The van der Waals surface area contributed by atoms with Crippen LogP contribution < -0.4 is 5.32 Å². The average molecular weight is 260 g/mol. The number of aliphatic hydroxyl groups excluding tert-OH is 1. The number of carbonyl (C=O) groups is 2. The van der Waals surface area contributed by atoms with Crippen LogP contribution in [0.1, 0.15) is 19.3 Å². The Balaban J connectivity index is 2.06. The van der Waals surface area contributed by atoms with Crippen LogP contribution in [0, 0.1) is 0 Å². The van der Waals surface area contributed by atoms with Crippen LogP contribution in [0.3, 0.4) is 0 Å². The van der Waals surface area contributed by atoms with E-state index in [0.29, 0.717) is 31.0 Å². The summed E-state index contributed by atoms with van der Waals surface area (Å²) in [6.45, 7) is 2.04. The van der Waals surface area contributed by atoms with Gasteiger partial charge in [-0.15, -0.1) is 11.8 Å². The zero-order valence-electron chi connectivity index (χ0n) is 9.98. The lowest BCUT2D eigenvalue weighted by Crippen LogP contribution is -2.41. The Morgan fingerprint density at radius 2 is 2.29 bits per heavy atom. The van der Waals surface area contributed by atoms with Crippen LogP contribution in [0.25, 0.3) is 0 Å². The first-order chi connectivity index (χ1) is 8.24. The molecule has 0 saturated carbocycles. The summed E-state index contributed by atoms with van der Waals surface area (Å²) < 4.78 is 0. The lowest BCUT2D eigenvalue weighted by Gasteiger charge is -2.26. The lowest BCUT2D eigenvalue weighted by molar-refractivity contribution is -0.133. The van der Waals surface area contributed by atoms with E-state index >= 15 is 0 Å². The topological polar surface area (TPSA) is 69.6 Å². The van der Waals surface area contributed by atoms with E-state index < -0.39 is 0 Å². The molecule has 1 aliphatic heterocycles. The second-order valence-corrected chi connectivity index (χ2v) is 5.07. The summed E-state index contributed by atoms with van der Waals surface area (Å²) in [6.07, 6.45) is 2.69.